The lowest BCUT2D eigenvalue weighted by Crippen LogP contribution is -2.27. The van der Waals surface area contributed by atoms with Crippen molar-refractivity contribution in [1.29, 1.82) is 0 Å². The highest BCUT2D eigenvalue weighted by atomic mass is 16.5. The average molecular weight is 330 g/mol. The molecule has 128 valence electrons. The van der Waals surface area contributed by atoms with Crippen molar-refractivity contribution >= 4 is 17.5 Å². The van der Waals surface area contributed by atoms with Crippen LogP contribution >= 0.6 is 0 Å². The minimum atomic E-state index is -0.234. The van der Waals surface area contributed by atoms with Gasteiger partial charge in [0.15, 0.2) is 0 Å². The van der Waals surface area contributed by atoms with Crippen LogP contribution in [-0.2, 0) is 4.74 Å². The number of hydrogen-bond donors (Lipinski definition) is 2. The van der Waals surface area contributed by atoms with Gasteiger partial charge < -0.3 is 20.1 Å². The van der Waals surface area contributed by atoms with E-state index in [1.54, 1.807) is 7.11 Å². The van der Waals surface area contributed by atoms with Crippen LogP contribution < -0.4 is 15.4 Å². The number of anilines is 2. The van der Waals surface area contributed by atoms with E-state index in [0.717, 1.165) is 11.4 Å². The molecule has 2 N–H and O–H groups in total. The van der Waals surface area contributed by atoms with E-state index < -0.39 is 0 Å². The molecule has 0 spiro atoms. The SMILES string of the molecule is COCCNC(=O)c1cnc(Nc2ccccc2OC(C)C)nc1. The number of nitrogens with one attached hydrogen (secondary N) is 2. The van der Waals surface area contributed by atoms with E-state index in [-0.39, 0.29) is 12.0 Å². The standard InChI is InChI=1S/C17H22N4O3/c1-12(2)24-15-7-5-4-6-14(15)21-17-19-10-13(11-20-17)16(22)18-8-9-23-3/h4-7,10-12H,8-9H2,1-3H3,(H,18,22)(H,19,20,21). The van der Waals surface area contributed by atoms with Crippen molar-refractivity contribution in [1.82, 2.24) is 15.3 Å². The largest absolute Gasteiger partial charge is 0.489 e. The van der Waals surface area contributed by atoms with Crippen LogP contribution in [0.1, 0.15) is 24.2 Å². The van der Waals surface area contributed by atoms with Crippen molar-refractivity contribution in [3.05, 3.63) is 42.2 Å². The molecule has 0 atom stereocenters. The second-order valence-corrected chi connectivity index (χ2v) is 5.33. The molecule has 2 aromatic rings. The Morgan fingerprint density at radius 3 is 2.58 bits per heavy atom. The van der Waals surface area contributed by atoms with Crippen LogP contribution in [0.25, 0.3) is 0 Å². The monoisotopic (exact) mass is 330 g/mol. The van der Waals surface area contributed by atoms with Crippen molar-refractivity contribution in [3.63, 3.8) is 0 Å². The Morgan fingerprint density at radius 2 is 1.92 bits per heavy atom. The molecule has 0 aliphatic heterocycles. The Morgan fingerprint density at radius 1 is 1.21 bits per heavy atom. The maximum Gasteiger partial charge on any atom is 0.254 e. The number of benzene rings is 1. The molecule has 0 unspecified atom stereocenters. The van der Waals surface area contributed by atoms with E-state index in [1.807, 2.05) is 38.1 Å². The summed E-state index contributed by atoms with van der Waals surface area (Å²) in [6.07, 6.45) is 3.01. The lowest BCUT2D eigenvalue weighted by atomic mass is 10.3. The van der Waals surface area contributed by atoms with E-state index >= 15 is 0 Å². The van der Waals surface area contributed by atoms with Gasteiger partial charge in [0, 0.05) is 26.0 Å². The number of nitrogens with zero attached hydrogens (tertiary/aromatic N) is 2. The molecule has 0 saturated carbocycles. The summed E-state index contributed by atoms with van der Waals surface area (Å²) in [5.41, 5.74) is 1.16. The predicted molar refractivity (Wildman–Crippen MR) is 91.7 cm³/mol. The predicted octanol–water partition coefficient (Wildman–Crippen LogP) is 2.38. The Balaban J connectivity index is 2.03. The molecule has 1 aromatic carbocycles. The maximum atomic E-state index is 11.9. The number of para-hydroxylation sites is 2. The second-order valence-electron chi connectivity index (χ2n) is 5.33. The minimum absolute atomic E-state index is 0.0621. The van der Waals surface area contributed by atoms with Crippen LogP contribution in [0.4, 0.5) is 11.6 Å². The zero-order valence-corrected chi connectivity index (χ0v) is 14.1. The first-order valence-electron chi connectivity index (χ1n) is 7.72. The Hall–Kier alpha value is -2.67. The van der Waals surface area contributed by atoms with E-state index in [1.165, 1.54) is 12.4 Å². The Bertz CT molecular complexity index is 659. The fourth-order valence-corrected chi connectivity index (χ4v) is 1.93. The lowest BCUT2D eigenvalue weighted by molar-refractivity contribution is 0.0936. The number of ether oxygens (including phenoxy) is 2. The van der Waals surface area contributed by atoms with Gasteiger partial charge in [-0.15, -0.1) is 0 Å². The highest BCUT2D eigenvalue weighted by Crippen LogP contribution is 2.26. The fourth-order valence-electron chi connectivity index (χ4n) is 1.93. The first-order chi connectivity index (χ1) is 11.6. The minimum Gasteiger partial charge on any atom is -0.489 e. The van der Waals surface area contributed by atoms with E-state index in [0.29, 0.717) is 24.7 Å². The van der Waals surface area contributed by atoms with Gasteiger partial charge in [-0.3, -0.25) is 4.79 Å². The number of rotatable bonds is 8. The maximum absolute atomic E-state index is 11.9. The van der Waals surface area contributed by atoms with Gasteiger partial charge in [-0.05, 0) is 26.0 Å². The van der Waals surface area contributed by atoms with Crippen LogP contribution in [0.15, 0.2) is 36.7 Å². The van der Waals surface area contributed by atoms with Crippen LogP contribution in [-0.4, -0.2) is 42.2 Å². The van der Waals surface area contributed by atoms with Crippen LogP contribution in [0.2, 0.25) is 0 Å². The van der Waals surface area contributed by atoms with Crippen molar-refractivity contribution in [2.45, 2.75) is 20.0 Å². The molecule has 0 aliphatic carbocycles. The van der Waals surface area contributed by atoms with Crippen molar-refractivity contribution in [3.8, 4) is 5.75 Å². The van der Waals surface area contributed by atoms with Crippen molar-refractivity contribution in [2.24, 2.45) is 0 Å². The summed E-state index contributed by atoms with van der Waals surface area (Å²) in [6.45, 7) is 4.82. The average Bonchev–Trinajstić information content (AvgIpc) is 2.57. The number of hydrogen-bond acceptors (Lipinski definition) is 6. The van der Waals surface area contributed by atoms with Gasteiger partial charge in [0.25, 0.3) is 5.91 Å². The summed E-state index contributed by atoms with van der Waals surface area (Å²) in [5.74, 6) is 0.878. The van der Waals surface area contributed by atoms with Gasteiger partial charge in [-0.25, -0.2) is 9.97 Å². The fraction of sp³-hybridized carbons (Fsp3) is 0.353. The molecule has 1 heterocycles. The van der Waals surface area contributed by atoms with Crippen molar-refractivity contribution < 1.29 is 14.3 Å². The normalized spacial score (nSPS) is 10.5. The summed E-state index contributed by atoms with van der Waals surface area (Å²) in [5, 5.41) is 5.81. The zero-order chi connectivity index (χ0) is 17.4. The van der Waals surface area contributed by atoms with E-state index in [2.05, 4.69) is 20.6 Å². The van der Waals surface area contributed by atoms with Gasteiger partial charge in [-0.2, -0.15) is 0 Å². The molecule has 0 aliphatic rings. The van der Waals surface area contributed by atoms with Crippen molar-refractivity contribution in [2.75, 3.05) is 25.6 Å². The number of aromatic nitrogens is 2. The molecule has 1 aromatic heterocycles. The third-order valence-corrected chi connectivity index (χ3v) is 3.00. The number of amides is 1. The number of methoxy groups -OCH3 is 1. The number of carbonyl (C=O) groups is 1. The molecule has 24 heavy (non-hydrogen) atoms. The molecule has 0 bridgehead atoms. The molecule has 7 nitrogen and oxygen atoms in total. The summed E-state index contributed by atoms with van der Waals surface area (Å²) in [6, 6.07) is 7.55. The third-order valence-electron chi connectivity index (χ3n) is 3.00. The van der Waals surface area contributed by atoms with Crippen LogP contribution in [0.3, 0.4) is 0 Å². The number of carbonyl (C=O) groups excluding carboxylic acids is 1. The summed E-state index contributed by atoms with van der Waals surface area (Å²) in [4.78, 5) is 20.2. The molecule has 0 radical (unpaired) electrons. The molecular weight excluding hydrogens is 308 g/mol. The molecule has 1 amide bonds. The zero-order valence-electron chi connectivity index (χ0n) is 14.1. The van der Waals surface area contributed by atoms with Gasteiger partial charge in [0.2, 0.25) is 5.95 Å². The van der Waals surface area contributed by atoms with E-state index in [4.69, 9.17) is 9.47 Å². The highest BCUT2D eigenvalue weighted by molar-refractivity contribution is 5.93. The quantitative estimate of drug-likeness (QED) is 0.723. The topological polar surface area (TPSA) is 85.4 Å². The second kappa shape index (κ2) is 8.83. The highest BCUT2D eigenvalue weighted by Gasteiger charge is 2.09. The van der Waals surface area contributed by atoms with Gasteiger partial charge in [0.05, 0.1) is 24.0 Å². The molecular formula is C17H22N4O3. The lowest BCUT2D eigenvalue weighted by Gasteiger charge is -2.14. The third kappa shape index (κ3) is 5.20. The first kappa shape index (κ1) is 17.7. The smallest absolute Gasteiger partial charge is 0.254 e. The molecule has 0 saturated heterocycles. The Kier molecular flexibility index (Phi) is 6.51. The van der Waals surface area contributed by atoms with Gasteiger partial charge in [-0.1, -0.05) is 12.1 Å². The van der Waals surface area contributed by atoms with Gasteiger partial charge in [0.1, 0.15) is 5.75 Å². The summed E-state index contributed by atoms with van der Waals surface area (Å²) in [7, 11) is 1.58. The summed E-state index contributed by atoms with van der Waals surface area (Å²) >= 11 is 0. The van der Waals surface area contributed by atoms with Crippen LogP contribution in [0, 0.1) is 0 Å². The van der Waals surface area contributed by atoms with Crippen LogP contribution in [0.5, 0.6) is 5.75 Å². The summed E-state index contributed by atoms with van der Waals surface area (Å²) < 4.78 is 10.6. The van der Waals surface area contributed by atoms with Gasteiger partial charge >= 0.3 is 0 Å². The molecule has 2 rings (SSSR count). The molecule has 7 heteroatoms. The molecule has 0 fully saturated rings. The first-order valence-corrected chi connectivity index (χ1v) is 7.72. The Labute approximate surface area is 141 Å². The van der Waals surface area contributed by atoms with E-state index in [9.17, 15) is 4.79 Å².